The van der Waals surface area contributed by atoms with Crippen molar-refractivity contribution in [3.05, 3.63) is 17.7 Å². The fraction of sp³-hybridized carbons (Fsp3) is 0.688. The Bertz CT molecular complexity index is 510. The fourth-order valence-electron chi connectivity index (χ4n) is 3.88. The molecule has 0 aromatic carbocycles. The van der Waals surface area contributed by atoms with Crippen LogP contribution in [0.2, 0.25) is 0 Å². The van der Waals surface area contributed by atoms with Gasteiger partial charge in [-0.1, -0.05) is 27.7 Å². The van der Waals surface area contributed by atoms with Crippen molar-refractivity contribution >= 4 is 11.6 Å². The number of nitrogens with zero attached hydrogens (tertiary/aromatic N) is 1. The lowest BCUT2D eigenvalue weighted by atomic mass is 9.63. The van der Waals surface area contributed by atoms with Crippen molar-refractivity contribution in [3.8, 4) is 0 Å². The maximum Gasteiger partial charge on any atom is 0.168 e. The van der Waals surface area contributed by atoms with Crippen molar-refractivity contribution in [2.45, 2.75) is 53.0 Å². The Morgan fingerprint density at radius 1 is 1.05 bits per heavy atom. The van der Waals surface area contributed by atoms with Gasteiger partial charge in [-0.05, 0) is 30.1 Å². The molecule has 0 atom stereocenters. The summed E-state index contributed by atoms with van der Waals surface area (Å²) in [6, 6.07) is 1.02. The molecule has 0 spiro atoms. The maximum absolute atomic E-state index is 13.9. The van der Waals surface area contributed by atoms with E-state index in [1.807, 2.05) is 0 Å². The maximum atomic E-state index is 13.9. The lowest BCUT2D eigenvalue weighted by Gasteiger charge is -2.45. The summed E-state index contributed by atoms with van der Waals surface area (Å²) in [5.74, 6) is -1.13. The number of pyridine rings is 1. The van der Waals surface area contributed by atoms with Crippen LogP contribution in [-0.2, 0) is 0 Å². The Hall–Kier alpha value is -1.39. The summed E-state index contributed by atoms with van der Waals surface area (Å²) in [5, 5.41) is 5.81. The highest BCUT2D eigenvalue weighted by molar-refractivity contribution is 5.47. The van der Waals surface area contributed by atoms with Crippen molar-refractivity contribution in [3.63, 3.8) is 0 Å². The average Bonchev–Trinajstić information content (AvgIpc) is 2.28. The highest BCUT2D eigenvalue weighted by Crippen LogP contribution is 2.46. The number of nitrogens with one attached hydrogen (secondary N) is 2. The number of halogens is 2. The molecule has 3 nitrogen and oxygen atoms in total. The Balaban J connectivity index is 2.21. The van der Waals surface area contributed by atoms with Gasteiger partial charge < -0.3 is 10.6 Å². The Morgan fingerprint density at radius 3 is 2.10 bits per heavy atom. The van der Waals surface area contributed by atoms with Crippen molar-refractivity contribution in [2.75, 3.05) is 17.7 Å². The molecule has 0 saturated heterocycles. The Morgan fingerprint density at radius 2 is 1.57 bits per heavy atom. The smallest absolute Gasteiger partial charge is 0.168 e. The van der Waals surface area contributed by atoms with Gasteiger partial charge in [0.1, 0.15) is 0 Å². The summed E-state index contributed by atoms with van der Waals surface area (Å²) in [6.07, 6.45) is 3.03. The van der Waals surface area contributed by atoms with Crippen LogP contribution in [0.15, 0.2) is 6.07 Å². The molecular formula is C16H25F2N3. The minimum absolute atomic E-state index is 0.0632. The van der Waals surface area contributed by atoms with Crippen LogP contribution in [0.4, 0.5) is 20.4 Å². The van der Waals surface area contributed by atoms with E-state index in [1.54, 1.807) is 7.05 Å². The highest BCUT2D eigenvalue weighted by atomic mass is 19.1. The molecule has 1 fully saturated rings. The first-order valence-electron chi connectivity index (χ1n) is 7.42. The summed E-state index contributed by atoms with van der Waals surface area (Å²) in [6.45, 7) is 8.93. The second kappa shape index (κ2) is 5.43. The van der Waals surface area contributed by atoms with E-state index in [9.17, 15) is 8.78 Å². The molecule has 0 amide bonds. The molecule has 0 bridgehead atoms. The van der Waals surface area contributed by atoms with E-state index in [0.717, 1.165) is 25.3 Å². The summed E-state index contributed by atoms with van der Waals surface area (Å²) in [4.78, 5) is 4.01. The van der Waals surface area contributed by atoms with E-state index in [-0.39, 0.29) is 28.5 Å². The van der Waals surface area contributed by atoms with Crippen LogP contribution in [-0.4, -0.2) is 18.1 Å². The van der Waals surface area contributed by atoms with Gasteiger partial charge in [-0.15, -0.1) is 0 Å². The van der Waals surface area contributed by atoms with E-state index >= 15 is 0 Å². The molecule has 2 N–H and O–H groups in total. The van der Waals surface area contributed by atoms with Crippen molar-refractivity contribution in [1.82, 2.24) is 4.98 Å². The quantitative estimate of drug-likeness (QED) is 0.867. The third-order valence-electron chi connectivity index (χ3n) is 4.06. The van der Waals surface area contributed by atoms with Gasteiger partial charge in [-0.2, -0.15) is 0 Å². The van der Waals surface area contributed by atoms with E-state index in [0.29, 0.717) is 0 Å². The molecule has 1 aromatic heterocycles. The zero-order chi connectivity index (χ0) is 15.8. The zero-order valence-electron chi connectivity index (χ0n) is 13.5. The molecule has 1 aromatic rings. The number of aromatic nitrogens is 1. The standard InChI is InChI=1S/C16H25F2N3/c1-15(2)7-10(8-16(3,4)9-15)20-14-12(18)6-11(17)13(19-5)21-14/h6,10H,7-9H2,1-5H3,(H2,19,20,21). The molecule has 0 unspecified atom stereocenters. The molecule has 5 heteroatoms. The van der Waals surface area contributed by atoms with Crippen LogP contribution in [0, 0.1) is 22.5 Å². The third kappa shape index (κ3) is 3.83. The van der Waals surface area contributed by atoms with Gasteiger partial charge in [-0.25, -0.2) is 13.8 Å². The SMILES string of the molecule is CNc1nc(NC2CC(C)(C)CC(C)(C)C2)c(F)cc1F. The number of hydrogen-bond donors (Lipinski definition) is 2. The zero-order valence-corrected chi connectivity index (χ0v) is 13.5. The lowest BCUT2D eigenvalue weighted by molar-refractivity contribution is 0.105. The van der Waals surface area contributed by atoms with Crippen LogP contribution in [0.3, 0.4) is 0 Å². The number of anilines is 2. The predicted molar refractivity (Wildman–Crippen MR) is 82.5 cm³/mol. The molecule has 1 heterocycles. The largest absolute Gasteiger partial charge is 0.371 e. The number of hydrogen-bond acceptors (Lipinski definition) is 3. The normalized spacial score (nSPS) is 21.1. The summed E-state index contributed by atoms with van der Waals surface area (Å²) >= 11 is 0. The van der Waals surface area contributed by atoms with Crippen LogP contribution in [0.1, 0.15) is 47.0 Å². The summed E-state index contributed by atoms with van der Waals surface area (Å²) < 4.78 is 27.4. The van der Waals surface area contributed by atoms with Gasteiger partial charge in [0.05, 0.1) is 0 Å². The second-order valence-electron chi connectivity index (χ2n) is 7.65. The van der Waals surface area contributed by atoms with Crippen molar-refractivity contribution < 1.29 is 8.78 Å². The Kier molecular flexibility index (Phi) is 4.13. The first-order valence-corrected chi connectivity index (χ1v) is 7.42. The van der Waals surface area contributed by atoms with Gasteiger partial charge in [0.2, 0.25) is 0 Å². The molecule has 2 rings (SSSR count). The second-order valence-corrected chi connectivity index (χ2v) is 7.65. The predicted octanol–water partition coefficient (Wildman–Crippen LogP) is 4.42. The van der Waals surface area contributed by atoms with Crippen LogP contribution in [0.5, 0.6) is 0 Å². The summed E-state index contributed by atoms with van der Waals surface area (Å²) in [5.41, 5.74) is 0.392. The highest BCUT2D eigenvalue weighted by Gasteiger charge is 2.38. The molecule has 118 valence electrons. The van der Waals surface area contributed by atoms with E-state index in [4.69, 9.17) is 0 Å². The first kappa shape index (κ1) is 16.0. The van der Waals surface area contributed by atoms with Crippen LogP contribution in [0.25, 0.3) is 0 Å². The van der Waals surface area contributed by atoms with Gasteiger partial charge in [0.15, 0.2) is 23.3 Å². The first-order chi connectivity index (χ1) is 9.62. The fourth-order valence-corrected chi connectivity index (χ4v) is 3.88. The van der Waals surface area contributed by atoms with Gasteiger partial charge in [-0.3, -0.25) is 0 Å². The lowest BCUT2D eigenvalue weighted by Crippen LogP contribution is -2.40. The average molecular weight is 297 g/mol. The minimum Gasteiger partial charge on any atom is -0.371 e. The molecular weight excluding hydrogens is 272 g/mol. The number of rotatable bonds is 3. The Labute approximate surface area is 125 Å². The van der Waals surface area contributed by atoms with E-state index in [2.05, 4.69) is 43.3 Å². The minimum atomic E-state index is -0.676. The molecule has 1 aliphatic rings. The van der Waals surface area contributed by atoms with E-state index in [1.165, 1.54) is 0 Å². The molecule has 1 aliphatic carbocycles. The van der Waals surface area contributed by atoms with Crippen molar-refractivity contribution in [2.24, 2.45) is 10.8 Å². The van der Waals surface area contributed by atoms with Crippen LogP contribution < -0.4 is 10.6 Å². The monoisotopic (exact) mass is 297 g/mol. The third-order valence-corrected chi connectivity index (χ3v) is 4.06. The molecule has 1 saturated carbocycles. The van der Waals surface area contributed by atoms with Crippen molar-refractivity contribution in [1.29, 1.82) is 0 Å². The molecule has 21 heavy (non-hydrogen) atoms. The van der Waals surface area contributed by atoms with Gasteiger partial charge >= 0.3 is 0 Å². The van der Waals surface area contributed by atoms with Crippen LogP contribution >= 0.6 is 0 Å². The molecule has 0 radical (unpaired) electrons. The molecule has 0 aliphatic heterocycles. The van der Waals surface area contributed by atoms with E-state index < -0.39 is 11.6 Å². The van der Waals surface area contributed by atoms with Gasteiger partial charge in [0.25, 0.3) is 0 Å². The van der Waals surface area contributed by atoms with Gasteiger partial charge in [0, 0.05) is 19.2 Å². The summed E-state index contributed by atoms with van der Waals surface area (Å²) in [7, 11) is 1.57. The topological polar surface area (TPSA) is 37.0 Å².